The van der Waals surface area contributed by atoms with E-state index in [0.717, 1.165) is 5.56 Å². The van der Waals surface area contributed by atoms with Crippen molar-refractivity contribution in [3.05, 3.63) is 101 Å². The summed E-state index contributed by atoms with van der Waals surface area (Å²) in [6.07, 6.45) is -4.62. The van der Waals surface area contributed by atoms with Gasteiger partial charge in [0.2, 0.25) is 0 Å². The molecule has 1 heterocycles. The number of nitrogens with zero attached hydrogens (tertiary/aromatic N) is 1. The van der Waals surface area contributed by atoms with Crippen molar-refractivity contribution in [2.45, 2.75) is 13.1 Å². The highest BCUT2D eigenvalue weighted by atomic mass is 19.4. The number of aryl methyl sites for hydroxylation is 1. The van der Waals surface area contributed by atoms with Gasteiger partial charge in [0.15, 0.2) is 5.69 Å². The molecule has 29 heavy (non-hydrogen) atoms. The molecule has 0 aliphatic rings. The van der Waals surface area contributed by atoms with Crippen molar-refractivity contribution in [2.24, 2.45) is 0 Å². The minimum absolute atomic E-state index is 0.107. The number of benzene rings is 3. The summed E-state index contributed by atoms with van der Waals surface area (Å²) >= 11 is 0. The second kappa shape index (κ2) is 7.44. The van der Waals surface area contributed by atoms with E-state index in [4.69, 9.17) is 0 Å². The smallest absolute Gasteiger partial charge is 0.242 e. The second-order valence-electron chi connectivity index (χ2n) is 6.71. The van der Waals surface area contributed by atoms with Crippen LogP contribution < -0.4 is 0 Å². The lowest BCUT2D eigenvalue weighted by Crippen LogP contribution is -2.12. The summed E-state index contributed by atoms with van der Waals surface area (Å²) in [6, 6.07) is 23.3. The Kier molecular flexibility index (Phi) is 4.82. The van der Waals surface area contributed by atoms with Gasteiger partial charge in [0, 0.05) is 16.5 Å². The van der Waals surface area contributed by atoms with Crippen LogP contribution in [0.4, 0.5) is 13.2 Å². The molecule has 0 N–H and O–H groups in total. The number of alkyl halides is 3. The second-order valence-corrected chi connectivity index (χ2v) is 6.71. The highest BCUT2D eigenvalue weighted by molar-refractivity contribution is 5.98. The van der Waals surface area contributed by atoms with Crippen LogP contribution in [0.1, 0.15) is 22.4 Å². The third-order valence-corrected chi connectivity index (χ3v) is 4.58. The van der Waals surface area contributed by atoms with Gasteiger partial charge in [-0.05, 0) is 36.2 Å². The molecule has 0 saturated carbocycles. The number of pyridine rings is 1. The van der Waals surface area contributed by atoms with Gasteiger partial charge in [-0.1, -0.05) is 72.5 Å². The topological polar surface area (TPSA) is 12.9 Å². The number of fused-ring (bicyclic) bond motifs is 1. The molecule has 0 spiro atoms. The Hall–Kier alpha value is -3.58. The Morgan fingerprint density at radius 1 is 0.793 bits per heavy atom. The minimum Gasteiger partial charge on any atom is -0.242 e. The summed E-state index contributed by atoms with van der Waals surface area (Å²) in [5.74, 6) is 5.65. The third kappa shape index (κ3) is 3.86. The largest absolute Gasteiger partial charge is 0.434 e. The summed E-state index contributed by atoms with van der Waals surface area (Å²) in [6.45, 7) is 1.83. The van der Waals surface area contributed by atoms with Crippen molar-refractivity contribution in [1.82, 2.24) is 4.98 Å². The van der Waals surface area contributed by atoms with Crippen LogP contribution in [-0.4, -0.2) is 4.98 Å². The van der Waals surface area contributed by atoms with Crippen LogP contribution >= 0.6 is 0 Å². The van der Waals surface area contributed by atoms with Gasteiger partial charge in [0.25, 0.3) is 0 Å². The highest BCUT2D eigenvalue weighted by Gasteiger charge is 2.37. The van der Waals surface area contributed by atoms with Crippen molar-refractivity contribution >= 4 is 10.9 Å². The Bertz CT molecular complexity index is 1230. The summed E-state index contributed by atoms with van der Waals surface area (Å²) in [7, 11) is 0. The van der Waals surface area contributed by atoms with E-state index >= 15 is 0 Å². The normalized spacial score (nSPS) is 11.2. The van der Waals surface area contributed by atoms with Crippen molar-refractivity contribution < 1.29 is 13.2 Å². The van der Waals surface area contributed by atoms with E-state index in [2.05, 4.69) is 16.8 Å². The molecule has 1 nitrogen and oxygen atoms in total. The molecule has 0 aliphatic heterocycles. The minimum atomic E-state index is -4.62. The van der Waals surface area contributed by atoms with Gasteiger partial charge < -0.3 is 0 Å². The standard InChI is InChI=1S/C25H16F3N/c1-17-12-14-20-22(16-17)29-24(25(26,27)28)21(15-13-18-8-4-2-5-9-18)23(20)19-10-6-3-7-11-19/h2-12,14,16H,1H3. The van der Waals surface area contributed by atoms with Crippen LogP contribution in [-0.2, 0) is 6.18 Å². The van der Waals surface area contributed by atoms with E-state index in [0.29, 0.717) is 27.6 Å². The number of hydrogen-bond acceptors (Lipinski definition) is 1. The molecule has 0 atom stereocenters. The van der Waals surface area contributed by atoms with Crippen LogP contribution in [0.15, 0.2) is 78.9 Å². The molecule has 0 aliphatic carbocycles. The van der Waals surface area contributed by atoms with Gasteiger partial charge in [-0.2, -0.15) is 13.2 Å². The molecular weight excluding hydrogens is 371 g/mol. The summed E-state index contributed by atoms with van der Waals surface area (Å²) in [5, 5.41) is 0.646. The molecular formula is C25H16F3N. The van der Waals surface area contributed by atoms with Crippen LogP contribution in [0.3, 0.4) is 0 Å². The summed E-state index contributed by atoms with van der Waals surface area (Å²) in [4.78, 5) is 3.98. The molecule has 0 radical (unpaired) electrons. The van der Waals surface area contributed by atoms with Gasteiger partial charge >= 0.3 is 6.18 Å². The number of rotatable bonds is 1. The molecule has 0 amide bonds. The lowest BCUT2D eigenvalue weighted by molar-refractivity contribution is -0.141. The molecule has 4 rings (SSSR count). The van der Waals surface area contributed by atoms with Crippen LogP contribution in [0.25, 0.3) is 22.0 Å². The maximum atomic E-state index is 14.0. The monoisotopic (exact) mass is 387 g/mol. The fourth-order valence-electron chi connectivity index (χ4n) is 3.26. The Labute approximate surface area is 166 Å². The van der Waals surface area contributed by atoms with Gasteiger partial charge in [0.05, 0.1) is 11.1 Å². The van der Waals surface area contributed by atoms with E-state index in [1.54, 1.807) is 54.6 Å². The predicted octanol–water partition coefficient (Wildman–Crippen LogP) is 6.63. The van der Waals surface area contributed by atoms with Gasteiger partial charge in [-0.15, -0.1) is 0 Å². The molecule has 3 aromatic carbocycles. The number of hydrogen-bond donors (Lipinski definition) is 0. The van der Waals surface area contributed by atoms with Crippen LogP contribution in [0, 0.1) is 18.8 Å². The zero-order chi connectivity index (χ0) is 20.4. The van der Waals surface area contributed by atoms with Crippen molar-refractivity contribution in [3.8, 4) is 23.0 Å². The molecule has 0 unspecified atom stereocenters. The first-order valence-electron chi connectivity index (χ1n) is 9.07. The lowest BCUT2D eigenvalue weighted by Gasteiger charge is -2.16. The molecule has 0 saturated heterocycles. The maximum absolute atomic E-state index is 14.0. The van der Waals surface area contributed by atoms with Crippen LogP contribution in [0.5, 0.6) is 0 Å². The average molecular weight is 387 g/mol. The first-order valence-corrected chi connectivity index (χ1v) is 9.07. The number of aromatic nitrogens is 1. The van der Waals surface area contributed by atoms with E-state index in [9.17, 15) is 13.2 Å². The van der Waals surface area contributed by atoms with Crippen molar-refractivity contribution in [2.75, 3.05) is 0 Å². The predicted molar refractivity (Wildman–Crippen MR) is 109 cm³/mol. The zero-order valence-corrected chi connectivity index (χ0v) is 15.6. The first kappa shape index (κ1) is 18.8. The molecule has 1 aromatic heterocycles. The molecule has 4 heteroatoms. The number of halogens is 3. The first-order chi connectivity index (χ1) is 13.9. The third-order valence-electron chi connectivity index (χ3n) is 4.58. The average Bonchev–Trinajstić information content (AvgIpc) is 2.72. The fourth-order valence-corrected chi connectivity index (χ4v) is 3.26. The molecule has 142 valence electrons. The van der Waals surface area contributed by atoms with Gasteiger partial charge in [0.1, 0.15) is 0 Å². The van der Waals surface area contributed by atoms with E-state index in [1.807, 2.05) is 31.2 Å². The van der Waals surface area contributed by atoms with E-state index < -0.39 is 11.9 Å². The Morgan fingerprint density at radius 3 is 2.10 bits per heavy atom. The van der Waals surface area contributed by atoms with Crippen LogP contribution in [0.2, 0.25) is 0 Å². The molecule has 0 fully saturated rings. The highest BCUT2D eigenvalue weighted by Crippen LogP contribution is 2.39. The fraction of sp³-hybridized carbons (Fsp3) is 0.0800. The Morgan fingerprint density at radius 2 is 1.45 bits per heavy atom. The zero-order valence-electron chi connectivity index (χ0n) is 15.6. The van der Waals surface area contributed by atoms with Gasteiger partial charge in [-0.25, -0.2) is 4.98 Å². The summed E-state index contributed by atoms with van der Waals surface area (Å²) in [5.41, 5.74) is 1.85. The van der Waals surface area contributed by atoms with Crippen molar-refractivity contribution in [1.29, 1.82) is 0 Å². The molecule has 0 bridgehead atoms. The van der Waals surface area contributed by atoms with Crippen molar-refractivity contribution in [3.63, 3.8) is 0 Å². The van der Waals surface area contributed by atoms with Gasteiger partial charge in [-0.3, -0.25) is 0 Å². The molecule has 4 aromatic rings. The van der Waals surface area contributed by atoms with E-state index in [-0.39, 0.29) is 5.56 Å². The van der Waals surface area contributed by atoms with E-state index in [1.165, 1.54) is 0 Å². The summed E-state index contributed by atoms with van der Waals surface area (Å²) < 4.78 is 41.9. The lowest BCUT2D eigenvalue weighted by atomic mass is 9.93. The maximum Gasteiger partial charge on any atom is 0.434 e. The SMILES string of the molecule is Cc1ccc2c(-c3ccccc3)c(C#Cc3ccccc3)c(C(F)(F)F)nc2c1. The Balaban J connectivity index is 2.11. The quantitative estimate of drug-likeness (QED) is 0.334.